The second-order valence-electron chi connectivity index (χ2n) is 4.83. The maximum Gasteiger partial charge on any atom is 0.245 e. The zero-order valence-corrected chi connectivity index (χ0v) is 10.8. The number of fused-ring (bicyclic) bond motifs is 1. The van der Waals surface area contributed by atoms with Crippen LogP contribution in [0.3, 0.4) is 0 Å². The quantitative estimate of drug-likeness (QED) is 0.916. The number of hydrogen-bond donors (Lipinski definition) is 1. The number of anilines is 1. The molecule has 0 aliphatic carbocycles. The third-order valence-electron chi connectivity index (χ3n) is 3.42. The monoisotopic (exact) mass is 256 g/mol. The number of likely N-dealkylation sites (N-methyl/N-ethyl adjacent to an activating group) is 1. The van der Waals surface area contributed by atoms with E-state index in [0.717, 1.165) is 17.9 Å². The average Bonchev–Trinajstić information content (AvgIpc) is 3.05. The summed E-state index contributed by atoms with van der Waals surface area (Å²) < 4.78 is 5.26. The molecule has 0 saturated carbocycles. The maximum atomic E-state index is 12.4. The first-order valence-corrected chi connectivity index (χ1v) is 6.36. The topological polar surface area (TPSA) is 45.5 Å². The average molecular weight is 256 g/mol. The van der Waals surface area contributed by atoms with Gasteiger partial charge >= 0.3 is 0 Å². The molecule has 0 saturated heterocycles. The van der Waals surface area contributed by atoms with Crippen molar-refractivity contribution < 1.29 is 9.21 Å². The van der Waals surface area contributed by atoms with Crippen LogP contribution in [-0.2, 0) is 17.8 Å². The summed E-state index contributed by atoms with van der Waals surface area (Å²) in [5.74, 6) is 0.888. The van der Waals surface area contributed by atoms with Crippen LogP contribution in [0.25, 0.3) is 0 Å². The largest absolute Gasteiger partial charge is 0.467 e. The van der Waals surface area contributed by atoms with E-state index in [1.54, 1.807) is 18.2 Å². The van der Waals surface area contributed by atoms with Crippen molar-refractivity contribution in [1.82, 2.24) is 4.90 Å². The van der Waals surface area contributed by atoms with Gasteiger partial charge in [0.1, 0.15) is 11.8 Å². The third-order valence-corrected chi connectivity index (χ3v) is 3.42. The molecule has 1 amide bonds. The number of hydrogen-bond acceptors (Lipinski definition) is 3. The van der Waals surface area contributed by atoms with Gasteiger partial charge in [0.15, 0.2) is 0 Å². The smallest absolute Gasteiger partial charge is 0.245 e. The molecule has 0 radical (unpaired) electrons. The first-order chi connectivity index (χ1) is 9.24. The number of benzene rings is 1. The fraction of sp³-hybridized carbons (Fsp3) is 0.267. The van der Waals surface area contributed by atoms with E-state index in [4.69, 9.17) is 4.42 Å². The van der Waals surface area contributed by atoms with Gasteiger partial charge in [-0.15, -0.1) is 0 Å². The molecule has 2 heterocycles. The van der Waals surface area contributed by atoms with E-state index in [2.05, 4.69) is 11.4 Å². The van der Waals surface area contributed by atoms with Gasteiger partial charge in [0.2, 0.25) is 5.91 Å². The normalized spacial score (nSPS) is 16.8. The minimum Gasteiger partial charge on any atom is -0.467 e. The summed E-state index contributed by atoms with van der Waals surface area (Å²) in [6.45, 7) is 0.500. The number of carbonyl (C=O) groups excluding carboxylic acids is 1. The lowest BCUT2D eigenvalue weighted by molar-refractivity contribution is -0.131. The molecule has 0 bridgehead atoms. The summed E-state index contributed by atoms with van der Waals surface area (Å²) in [6.07, 6.45) is 2.37. The van der Waals surface area contributed by atoms with Crippen LogP contribution in [0.2, 0.25) is 0 Å². The molecule has 1 atom stereocenters. The van der Waals surface area contributed by atoms with Crippen molar-refractivity contribution in [1.29, 1.82) is 0 Å². The second kappa shape index (κ2) is 4.80. The Balaban J connectivity index is 1.66. The highest BCUT2D eigenvalue weighted by molar-refractivity contribution is 5.87. The zero-order chi connectivity index (χ0) is 13.2. The number of amides is 1. The Morgan fingerprint density at radius 1 is 1.37 bits per heavy atom. The Morgan fingerprint density at radius 3 is 2.95 bits per heavy atom. The number of carbonyl (C=O) groups is 1. The molecule has 0 unspecified atom stereocenters. The second-order valence-corrected chi connectivity index (χ2v) is 4.83. The van der Waals surface area contributed by atoms with Gasteiger partial charge in [0, 0.05) is 19.2 Å². The SMILES string of the molecule is CN(Cc1ccco1)C(=O)[C@@H]1Cc2ccccc2N1. The highest BCUT2D eigenvalue weighted by Crippen LogP contribution is 2.26. The van der Waals surface area contributed by atoms with Gasteiger partial charge in [-0.05, 0) is 23.8 Å². The van der Waals surface area contributed by atoms with E-state index in [0.29, 0.717) is 6.54 Å². The lowest BCUT2D eigenvalue weighted by Crippen LogP contribution is -2.39. The first kappa shape index (κ1) is 11.8. The van der Waals surface area contributed by atoms with Crippen molar-refractivity contribution in [3.8, 4) is 0 Å². The Hall–Kier alpha value is -2.23. The molecule has 1 aromatic carbocycles. The summed E-state index contributed by atoms with van der Waals surface area (Å²) >= 11 is 0. The van der Waals surface area contributed by atoms with Crippen LogP contribution in [-0.4, -0.2) is 23.9 Å². The number of rotatable bonds is 3. The van der Waals surface area contributed by atoms with Crippen LogP contribution < -0.4 is 5.32 Å². The number of para-hydroxylation sites is 1. The first-order valence-electron chi connectivity index (χ1n) is 6.36. The molecular weight excluding hydrogens is 240 g/mol. The highest BCUT2D eigenvalue weighted by atomic mass is 16.3. The molecule has 1 aliphatic heterocycles. The van der Waals surface area contributed by atoms with Crippen molar-refractivity contribution in [2.45, 2.75) is 19.0 Å². The lowest BCUT2D eigenvalue weighted by Gasteiger charge is -2.20. The van der Waals surface area contributed by atoms with Crippen molar-refractivity contribution in [3.63, 3.8) is 0 Å². The van der Waals surface area contributed by atoms with Crippen LogP contribution >= 0.6 is 0 Å². The van der Waals surface area contributed by atoms with Crippen molar-refractivity contribution in [3.05, 3.63) is 54.0 Å². The Morgan fingerprint density at radius 2 is 2.21 bits per heavy atom. The molecule has 2 aromatic rings. The van der Waals surface area contributed by atoms with Gasteiger partial charge < -0.3 is 14.6 Å². The van der Waals surface area contributed by atoms with Crippen LogP contribution in [0.1, 0.15) is 11.3 Å². The number of nitrogens with one attached hydrogen (secondary N) is 1. The molecular formula is C15H16N2O2. The van der Waals surface area contributed by atoms with E-state index >= 15 is 0 Å². The standard InChI is InChI=1S/C15H16N2O2/c1-17(10-12-6-4-8-19-12)15(18)14-9-11-5-2-3-7-13(11)16-14/h2-8,14,16H,9-10H2,1H3/t14-/m0/s1. The van der Waals surface area contributed by atoms with E-state index in [1.165, 1.54) is 5.56 Å². The molecule has 1 aromatic heterocycles. The van der Waals surface area contributed by atoms with Crippen molar-refractivity contribution >= 4 is 11.6 Å². The Bertz CT molecular complexity index is 553. The molecule has 4 nitrogen and oxygen atoms in total. The molecule has 0 spiro atoms. The summed E-state index contributed by atoms with van der Waals surface area (Å²) in [5.41, 5.74) is 2.26. The zero-order valence-electron chi connectivity index (χ0n) is 10.8. The van der Waals surface area contributed by atoms with E-state index < -0.39 is 0 Å². The molecule has 19 heavy (non-hydrogen) atoms. The summed E-state index contributed by atoms with van der Waals surface area (Å²) in [6, 6.07) is 11.6. The van der Waals surface area contributed by atoms with E-state index in [-0.39, 0.29) is 11.9 Å². The number of nitrogens with zero attached hydrogens (tertiary/aromatic N) is 1. The summed E-state index contributed by atoms with van der Waals surface area (Å²) in [4.78, 5) is 14.1. The van der Waals surface area contributed by atoms with Crippen LogP contribution in [0, 0.1) is 0 Å². The van der Waals surface area contributed by atoms with Crippen molar-refractivity contribution in [2.75, 3.05) is 12.4 Å². The Kier molecular flexibility index (Phi) is 2.99. The van der Waals surface area contributed by atoms with Crippen molar-refractivity contribution in [2.24, 2.45) is 0 Å². The van der Waals surface area contributed by atoms with E-state index in [9.17, 15) is 4.79 Å². The fourth-order valence-electron chi connectivity index (χ4n) is 2.43. The molecule has 3 rings (SSSR count). The molecule has 4 heteroatoms. The lowest BCUT2D eigenvalue weighted by atomic mass is 10.1. The minimum absolute atomic E-state index is 0.0904. The third kappa shape index (κ3) is 2.34. The molecule has 1 N–H and O–H groups in total. The highest BCUT2D eigenvalue weighted by Gasteiger charge is 2.28. The van der Waals surface area contributed by atoms with Gasteiger partial charge in [0.25, 0.3) is 0 Å². The van der Waals surface area contributed by atoms with Gasteiger partial charge in [-0.2, -0.15) is 0 Å². The van der Waals surface area contributed by atoms with Gasteiger partial charge in [-0.3, -0.25) is 4.79 Å². The maximum absolute atomic E-state index is 12.4. The predicted molar refractivity (Wildman–Crippen MR) is 72.7 cm³/mol. The van der Waals surface area contributed by atoms with Crippen LogP contribution in [0.5, 0.6) is 0 Å². The van der Waals surface area contributed by atoms with Crippen LogP contribution in [0.4, 0.5) is 5.69 Å². The van der Waals surface area contributed by atoms with Crippen LogP contribution in [0.15, 0.2) is 47.1 Å². The number of furan rings is 1. The minimum atomic E-state index is -0.169. The van der Waals surface area contributed by atoms with Gasteiger partial charge in [0.05, 0.1) is 12.8 Å². The molecule has 1 aliphatic rings. The Labute approximate surface area is 112 Å². The predicted octanol–water partition coefficient (Wildman–Crippen LogP) is 2.27. The van der Waals surface area contributed by atoms with Gasteiger partial charge in [-0.1, -0.05) is 18.2 Å². The summed E-state index contributed by atoms with van der Waals surface area (Å²) in [5, 5.41) is 3.27. The van der Waals surface area contributed by atoms with Gasteiger partial charge in [-0.25, -0.2) is 0 Å². The summed E-state index contributed by atoms with van der Waals surface area (Å²) in [7, 11) is 1.80. The molecule has 0 fully saturated rings. The van der Waals surface area contributed by atoms with E-state index in [1.807, 2.05) is 30.3 Å². The fourth-order valence-corrected chi connectivity index (χ4v) is 2.43. The molecule has 98 valence electrons.